The first kappa shape index (κ1) is 16.0. The van der Waals surface area contributed by atoms with Crippen molar-refractivity contribution in [3.05, 3.63) is 7.43 Å². The third-order valence-corrected chi connectivity index (χ3v) is 2.07. The van der Waals surface area contributed by atoms with Gasteiger partial charge in [-0.25, -0.2) is 0 Å². The second-order valence-electron chi connectivity index (χ2n) is 3.76. The third kappa shape index (κ3) is 7.04. The summed E-state index contributed by atoms with van der Waals surface area (Å²) in [5.41, 5.74) is 0. The molecule has 68 valence electrons. The van der Waals surface area contributed by atoms with Gasteiger partial charge in [-0.2, -0.15) is 0 Å². The summed E-state index contributed by atoms with van der Waals surface area (Å²) >= 11 is 0. The standard InChI is InChI=1S/C9H19N.CH3.K/c1-9(2)8-10-6-4-3-5-7-10;;/h9H,3-8H2,1-2H3;1H3;/q;-1;+1. The SMILES string of the molecule is CC(C)CN1CCCCC1.[CH3-].[K+]. The molecule has 12 heavy (non-hydrogen) atoms. The molecule has 1 aliphatic rings. The van der Waals surface area contributed by atoms with Gasteiger partial charge in [0.05, 0.1) is 0 Å². The van der Waals surface area contributed by atoms with Gasteiger partial charge in [0.1, 0.15) is 0 Å². The number of piperidine rings is 1. The maximum atomic E-state index is 2.59. The van der Waals surface area contributed by atoms with E-state index in [1.165, 1.54) is 38.9 Å². The van der Waals surface area contributed by atoms with Crippen LogP contribution in [0.15, 0.2) is 0 Å². The zero-order valence-electron chi connectivity index (χ0n) is 9.27. The molecule has 0 radical (unpaired) electrons. The topological polar surface area (TPSA) is 3.24 Å². The Hall–Kier alpha value is 1.60. The van der Waals surface area contributed by atoms with Gasteiger partial charge in [-0.3, -0.25) is 0 Å². The van der Waals surface area contributed by atoms with Crippen molar-refractivity contribution < 1.29 is 51.4 Å². The zero-order chi connectivity index (χ0) is 7.40. The maximum Gasteiger partial charge on any atom is 1.00 e. The predicted octanol–water partition coefficient (Wildman–Crippen LogP) is -0.417. The average Bonchev–Trinajstić information content (AvgIpc) is 1.88. The number of nitrogens with zero attached hydrogens (tertiary/aromatic N) is 1. The fourth-order valence-corrected chi connectivity index (χ4v) is 1.66. The van der Waals surface area contributed by atoms with Crippen molar-refractivity contribution in [1.82, 2.24) is 4.90 Å². The molecule has 1 saturated heterocycles. The Bertz CT molecular complexity index is 87.8. The molecule has 1 heterocycles. The second-order valence-corrected chi connectivity index (χ2v) is 3.76. The Morgan fingerprint density at radius 3 is 2.00 bits per heavy atom. The van der Waals surface area contributed by atoms with Crippen LogP contribution < -0.4 is 51.4 Å². The van der Waals surface area contributed by atoms with E-state index in [9.17, 15) is 0 Å². The molecule has 0 aliphatic carbocycles. The molecule has 0 bridgehead atoms. The van der Waals surface area contributed by atoms with Crippen molar-refractivity contribution in [3.8, 4) is 0 Å². The molecule has 0 unspecified atom stereocenters. The fraction of sp³-hybridized carbons (Fsp3) is 0.900. The summed E-state index contributed by atoms with van der Waals surface area (Å²) in [5.74, 6) is 0.845. The van der Waals surface area contributed by atoms with Gasteiger partial charge in [0, 0.05) is 6.54 Å². The Balaban J connectivity index is 0. The molecule has 0 spiro atoms. The van der Waals surface area contributed by atoms with Gasteiger partial charge in [0.25, 0.3) is 0 Å². The van der Waals surface area contributed by atoms with E-state index >= 15 is 0 Å². The Morgan fingerprint density at radius 1 is 1.08 bits per heavy atom. The molecule has 1 fully saturated rings. The minimum Gasteiger partial charge on any atom is -0.358 e. The van der Waals surface area contributed by atoms with Crippen LogP contribution in [0.4, 0.5) is 0 Å². The van der Waals surface area contributed by atoms with Gasteiger partial charge in [0.15, 0.2) is 0 Å². The molecule has 0 aromatic carbocycles. The van der Waals surface area contributed by atoms with Crippen LogP contribution in [0.25, 0.3) is 0 Å². The molecule has 0 aromatic heterocycles. The summed E-state index contributed by atoms with van der Waals surface area (Å²) < 4.78 is 0. The van der Waals surface area contributed by atoms with Crippen LogP contribution in [-0.4, -0.2) is 24.5 Å². The van der Waals surface area contributed by atoms with Crippen molar-refractivity contribution in [1.29, 1.82) is 0 Å². The Kier molecular flexibility index (Phi) is 12.2. The van der Waals surface area contributed by atoms with Crippen LogP contribution in [0, 0.1) is 13.3 Å². The van der Waals surface area contributed by atoms with E-state index in [4.69, 9.17) is 0 Å². The molecule has 0 N–H and O–H groups in total. The van der Waals surface area contributed by atoms with E-state index in [1.54, 1.807) is 0 Å². The number of rotatable bonds is 2. The van der Waals surface area contributed by atoms with Crippen LogP contribution >= 0.6 is 0 Å². The first-order valence-electron chi connectivity index (χ1n) is 4.51. The van der Waals surface area contributed by atoms with Gasteiger partial charge < -0.3 is 12.3 Å². The van der Waals surface area contributed by atoms with Crippen molar-refractivity contribution in [2.24, 2.45) is 5.92 Å². The minimum absolute atomic E-state index is 0. The summed E-state index contributed by atoms with van der Waals surface area (Å²) in [5, 5.41) is 0. The molecular formula is C10H22KN. The van der Waals surface area contributed by atoms with E-state index in [0.29, 0.717) is 0 Å². The molecule has 0 aromatic rings. The van der Waals surface area contributed by atoms with E-state index in [-0.39, 0.29) is 58.8 Å². The van der Waals surface area contributed by atoms with Crippen LogP contribution in [-0.2, 0) is 0 Å². The van der Waals surface area contributed by atoms with Gasteiger partial charge in [0.2, 0.25) is 0 Å². The van der Waals surface area contributed by atoms with Gasteiger partial charge in [-0.1, -0.05) is 20.3 Å². The van der Waals surface area contributed by atoms with Gasteiger partial charge >= 0.3 is 51.4 Å². The number of hydrogen-bond donors (Lipinski definition) is 0. The molecule has 1 nitrogen and oxygen atoms in total. The van der Waals surface area contributed by atoms with Crippen molar-refractivity contribution in [2.75, 3.05) is 19.6 Å². The third-order valence-electron chi connectivity index (χ3n) is 2.07. The summed E-state index contributed by atoms with van der Waals surface area (Å²) in [6, 6.07) is 0. The predicted molar refractivity (Wildman–Crippen MR) is 51.5 cm³/mol. The van der Waals surface area contributed by atoms with Crippen LogP contribution in [0.2, 0.25) is 0 Å². The molecule has 0 amide bonds. The maximum absolute atomic E-state index is 2.59. The molecular weight excluding hydrogens is 173 g/mol. The minimum atomic E-state index is 0. The van der Waals surface area contributed by atoms with E-state index < -0.39 is 0 Å². The molecule has 1 rings (SSSR count). The van der Waals surface area contributed by atoms with Crippen molar-refractivity contribution in [3.63, 3.8) is 0 Å². The van der Waals surface area contributed by atoms with E-state index in [2.05, 4.69) is 18.7 Å². The first-order valence-corrected chi connectivity index (χ1v) is 4.51. The second kappa shape index (κ2) is 9.16. The summed E-state index contributed by atoms with van der Waals surface area (Å²) in [6.07, 6.45) is 4.30. The largest absolute Gasteiger partial charge is 1.00 e. The number of hydrogen-bond acceptors (Lipinski definition) is 1. The monoisotopic (exact) mass is 195 g/mol. The van der Waals surface area contributed by atoms with Crippen molar-refractivity contribution >= 4 is 0 Å². The zero-order valence-corrected chi connectivity index (χ0v) is 12.4. The van der Waals surface area contributed by atoms with Gasteiger partial charge in [-0.05, 0) is 31.8 Å². The van der Waals surface area contributed by atoms with Gasteiger partial charge in [-0.15, -0.1) is 0 Å². The van der Waals surface area contributed by atoms with Crippen molar-refractivity contribution in [2.45, 2.75) is 33.1 Å². The first-order chi connectivity index (χ1) is 4.79. The quantitative estimate of drug-likeness (QED) is 0.427. The Labute approximate surface area is 121 Å². The molecule has 2 heteroatoms. The number of likely N-dealkylation sites (tertiary alicyclic amines) is 1. The summed E-state index contributed by atoms with van der Waals surface area (Å²) in [4.78, 5) is 2.59. The Morgan fingerprint density at radius 2 is 1.58 bits per heavy atom. The molecule has 0 saturated carbocycles. The van der Waals surface area contributed by atoms with E-state index in [1.807, 2.05) is 0 Å². The van der Waals surface area contributed by atoms with Crippen LogP contribution in [0.3, 0.4) is 0 Å². The smallest absolute Gasteiger partial charge is 0.358 e. The fourth-order valence-electron chi connectivity index (χ4n) is 1.66. The normalized spacial score (nSPS) is 18.2. The van der Waals surface area contributed by atoms with Crippen LogP contribution in [0.1, 0.15) is 33.1 Å². The molecule has 1 aliphatic heterocycles. The van der Waals surface area contributed by atoms with E-state index in [0.717, 1.165) is 5.92 Å². The van der Waals surface area contributed by atoms with Crippen LogP contribution in [0.5, 0.6) is 0 Å². The summed E-state index contributed by atoms with van der Waals surface area (Å²) in [6.45, 7) is 8.60. The average molecular weight is 195 g/mol. The molecule has 0 atom stereocenters. The summed E-state index contributed by atoms with van der Waals surface area (Å²) in [7, 11) is 0.